The number of nitrogens with one attached hydrogen (secondary N) is 2. The van der Waals surface area contributed by atoms with Gasteiger partial charge in [-0.25, -0.2) is 8.42 Å². The minimum atomic E-state index is -4.17. The van der Waals surface area contributed by atoms with Crippen molar-refractivity contribution in [1.29, 1.82) is 0 Å². The highest BCUT2D eigenvalue weighted by Crippen LogP contribution is 2.50. The zero-order valence-corrected chi connectivity index (χ0v) is 24.1. The third-order valence-electron chi connectivity index (χ3n) is 9.37. The summed E-state index contributed by atoms with van der Waals surface area (Å²) < 4.78 is 38.4. The molecule has 2 aliphatic heterocycles. The normalized spacial score (nSPS) is 26.8. The van der Waals surface area contributed by atoms with Gasteiger partial charge in [-0.15, -0.1) is 0 Å². The molecule has 3 amide bonds. The van der Waals surface area contributed by atoms with E-state index in [1.807, 2.05) is 24.3 Å². The number of carbonyl (C=O) groups is 3. The number of carbonyl (C=O) groups excluding carboxylic acids is 3. The fourth-order valence-electron chi connectivity index (χ4n) is 7.40. The number of rotatable bonds is 7. The second kappa shape index (κ2) is 10.6. The molecule has 2 saturated heterocycles. The highest BCUT2D eigenvalue weighted by molar-refractivity contribution is 7.94. The van der Waals surface area contributed by atoms with Crippen molar-refractivity contribution in [3.05, 3.63) is 70.9 Å². The summed E-state index contributed by atoms with van der Waals surface area (Å²) in [5.74, 6) is -2.02. The van der Waals surface area contributed by atoms with Gasteiger partial charge in [0.2, 0.25) is 26.8 Å². The quantitative estimate of drug-likeness (QED) is 0.451. The molecule has 0 aromatic heterocycles. The Hall–Kier alpha value is -3.57. The molecule has 0 radical (unpaired) electrons. The van der Waals surface area contributed by atoms with E-state index < -0.39 is 50.4 Å². The molecular weight excluding hydrogens is 561 g/mol. The first-order chi connectivity index (χ1) is 20.0. The molecule has 0 bridgehead atoms. The largest absolute Gasteiger partial charge is 0.372 e. The van der Waals surface area contributed by atoms with E-state index in [1.54, 1.807) is 24.3 Å². The Morgan fingerprint density at radius 3 is 2.36 bits per heavy atom. The van der Waals surface area contributed by atoms with Gasteiger partial charge in [0.1, 0.15) is 6.04 Å². The molecule has 9 nitrogen and oxygen atoms in total. The third kappa shape index (κ3) is 4.72. The van der Waals surface area contributed by atoms with E-state index in [0.717, 1.165) is 36.3 Å². The molecule has 2 aromatic carbocycles. The maximum atomic E-state index is 14.6. The number of amides is 3. The highest BCUT2D eigenvalue weighted by Gasteiger charge is 2.56. The maximum absolute atomic E-state index is 14.6. The first kappa shape index (κ1) is 28.5. The molecule has 2 heterocycles. The standard InChI is InChI=1S/C31H34FN3O6S/c1-42(40,41)26(32)16-20(15-18-13-14-33-28(18)36)34-29(37)27-21-10-6-7-19(21)17-35(27)30(38)31(39)24-11-4-2-8-22(24)23-9-3-5-12-25(23)31/h2-5,8-9,11-12,16,18-21,27,39H,6-7,10,13-15,17H2,1H3,(H,33,36)(H,34,37)/b26-16+/t18-,19-,20+,21-,27-/m1/s1. The van der Waals surface area contributed by atoms with Crippen LogP contribution in [0.3, 0.4) is 0 Å². The third-order valence-corrected chi connectivity index (χ3v) is 10.2. The number of aliphatic hydroxyl groups is 1. The van der Waals surface area contributed by atoms with Crippen LogP contribution in [-0.2, 0) is 29.8 Å². The molecule has 1 saturated carbocycles. The Morgan fingerprint density at radius 1 is 1.12 bits per heavy atom. The summed E-state index contributed by atoms with van der Waals surface area (Å²) >= 11 is 0. The van der Waals surface area contributed by atoms with Crippen molar-refractivity contribution in [3.63, 3.8) is 0 Å². The van der Waals surface area contributed by atoms with Crippen molar-refractivity contribution in [2.75, 3.05) is 19.3 Å². The van der Waals surface area contributed by atoms with E-state index in [-0.39, 0.29) is 30.7 Å². The maximum Gasteiger partial charge on any atom is 0.264 e. The Kier molecular flexibility index (Phi) is 7.21. The van der Waals surface area contributed by atoms with Crippen LogP contribution in [-0.4, -0.2) is 67.6 Å². The van der Waals surface area contributed by atoms with Crippen LogP contribution in [0.25, 0.3) is 11.1 Å². The van der Waals surface area contributed by atoms with Gasteiger partial charge in [0.25, 0.3) is 5.91 Å². The zero-order chi connectivity index (χ0) is 29.8. The number of halogens is 1. The van der Waals surface area contributed by atoms with Crippen molar-refractivity contribution >= 4 is 27.6 Å². The number of hydrogen-bond donors (Lipinski definition) is 3. The molecular formula is C31H34FN3O6S. The van der Waals surface area contributed by atoms with E-state index in [4.69, 9.17) is 0 Å². The van der Waals surface area contributed by atoms with Gasteiger partial charge >= 0.3 is 0 Å². The lowest BCUT2D eigenvalue weighted by atomic mass is 9.88. The number of likely N-dealkylation sites (tertiary alicyclic amines) is 1. The van der Waals surface area contributed by atoms with Gasteiger partial charge in [0.05, 0.1) is 6.04 Å². The lowest BCUT2D eigenvalue weighted by Gasteiger charge is -2.34. The van der Waals surface area contributed by atoms with Gasteiger partial charge in [-0.1, -0.05) is 55.0 Å². The molecule has 3 fully saturated rings. The molecule has 2 aromatic rings. The van der Waals surface area contributed by atoms with Crippen LogP contribution in [0.4, 0.5) is 4.39 Å². The van der Waals surface area contributed by atoms with Crippen LogP contribution < -0.4 is 10.6 Å². The van der Waals surface area contributed by atoms with Gasteiger partial charge < -0.3 is 20.6 Å². The van der Waals surface area contributed by atoms with Crippen LogP contribution in [0.5, 0.6) is 0 Å². The topological polar surface area (TPSA) is 133 Å². The van der Waals surface area contributed by atoms with Crippen LogP contribution in [0.2, 0.25) is 0 Å². The summed E-state index contributed by atoms with van der Waals surface area (Å²) in [5.41, 5.74) is 0.418. The van der Waals surface area contributed by atoms with Gasteiger partial charge in [-0.3, -0.25) is 14.4 Å². The van der Waals surface area contributed by atoms with Crippen LogP contribution in [0, 0.1) is 17.8 Å². The number of benzene rings is 2. The molecule has 2 aliphatic carbocycles. The van der Waals surface area contributed by atoms with E-state index >= 15 is 0 Å². The van der Waals surface area contributed by atoms with Crippen LogP contribution >= 0.6 is 0 Å². The molecule has 42 heavy (non-hydrogen) atoms. The predicted molar refractivity (Wildman–Crippen MR) is 153 cm³/mol. The lowest BCUT2D eigenvalue weighted by Crippen LogP contribution is -2.55. The van der Waals surface area contributed by atoms with E-state index in [9.17, 15) is 32.3 Å². The number of fused-ring (bicyclic) bond motifs is 4. The summed E-state index contributed by atoms with van der Waals surface area (Å²) in [7, 11) is -4.17. The first-order valence-electron chi connectivity index (χ1n) is 14.4. The second-order valence-corrected chi connectivity index (χ2v) is 13.9. The Labute approximate surface area is 244 Å². The van der Waals surface area contributed by atoms with Crippen molar-refractivity contribution in [2.45, 2.75) is 49.8 Å². The van der Waals surface area contributed by atoms with Crippen molar-refractivity contribution < 1.29 is 32.3 Å². The second-order valence-electron chi connectivity index (χ2n) is 11.9. The van der Waals surface area contributed by atoms with Crippen molar-refractivity contribution in [1.82, 2.24) is 15.5 Å². The highest BCUT2D eigenvalue weighted by atomic mass is 32.2. The minimum absolute atomic E-state index is 0.0139. The fourth-order valence-corrected chi connectivity index (χ4v) is 7.81. The average Bonchev–Trinajstić information content (AvgIpc) is 3.72. The van der Waals surface area contributed by atoms with Crippen molar-refractivity contribution in [2.24, 2.45) is 17.8 Å². The average molecular weight is 596 g/mol. The van der Waals surface area contributed by atoms with Gasteiger partial charge in [0.15, 0.2) is 5.60 Å². The summed E-state index contributed by atoms with van der Waals surface area (Å²) in [5, 5.41) is 16.3. The van der Waals surface area contributed by atoms with Gasteiger partial charge in [-0.05, 0) is 54.7 Å². The molecule has 5 atom stereocenters. The number of sulfone groups is 1. The predicted octanol–water partition coefficient (Wildman–Crippen LogP) is 2.40. The summed E-state index contributed by atoms with van der Waals surface area (Å²) in [4.78, 5) is 42.2. The molecule has 6 rings (SSSR count). The summed E-state index contributed by atoms with van der Waals surface area (Å²) in [6.07, 6.45) is 4.50. The van der Waals surface area contributed by atoms with E-state index in [1.165, 1.54) is 4.90 Å². The molecule has 0 spiro atoms. The lowest BCUT2D eigenvalue weighted by molar-refractivity contribution is -0.152. The first-order valence-corrected chi connectivity index (χ1v) is 16.3. The summed E-state index contributed by atoms with van der Waals surface area (Å²) in [6.45, 7) is 0.732. The number of hydrogen-bond acceptors (Lipinski definition) is 6. The smallest absolute Gasteiger partial charge is 0.264 e. The van der Waals surface area contributed by atoms with Crippen LogP contribution in [0.1, 0.15) is 43.2 Å². The zero-order valence-electron chi connectivity index (χ0n) is 23.3. The Bertz CT molecular complexity index is 1540. The monoisotopic (exact) mass is 595 g/mol. The fraction of sp³-hybridized carbons (Fsp3) is 0.452. The molecule has 11 heteroatoms. The van der Waals surface area contributed by atoms with E-state index in [0.29, 0.717) is 30.5 Å². The van der Waals surface area contributed by atoms with Crippen molar-refractivity contribution in [3.8, 4) is 11.1 Å². The van der Waals surface area contributed by atoms with Crippen LogP contribution in [0.15, 0.2) is 59.8 Å². The molecule has 3 N–H and O–H groups in total. The molecule has 0 unspecified atom stereocenters. The molecule has 222 valence electrons. The van der Waals surface area contributed by atoms with Gasteiger partial charge in [-0.2, -0.15) is 4.39 Å². The van der Waals surface area contributed by atoms with E-state index in [2.05, 4.69) is 10.6 Å². The Balaban J connectivity index is 1.34. The van der Waals surface area contributed by atoms with Gasteiger partial charge in [0, 0.05) is 36.4 Å². The minimum Gasteiger partial charge on any atom is -0.372 e. The number of nitrogens with zero attached hydrogens (tertiary/aromatic N) is 1. The Morgan fingerprint density at radius 2 is 1.76 bits per heavy atom. The summed E-state index contributed by atoms with van der Waals surface area (Å²) in [6, 6.07) is 12.3. The molecule has 4 aliphatic rings. The SMILES string of the molecule is CS(=O)(=O)/C(F)=C/[C@H](C[C@H]1CCNC1=O)NC(=O)[C@H]1[C@@H]2CCC[C@@H]2CN1C(=O)C1(O)c2ccccc2-c2ccccc21.